The lowest BCUT2D eigenvalue weighted by molar-refractivity contribution is -0.359. The molecule has 494 valence electrons. The maximum absolute atomic E-state index is 13.3. The summed E-state index contributed by atoms with van der Waals surface area (Å²) in [6.07, 6.45) is 62.7. The van der Waals surface area contributed by atoms with Crippen LogP contribution in [0.3, 0.4) is 0 Å². The van der Waals surface area contributed by atoms with Crippen LogP contribution in [0.1, 0.15) is 245 Å². The number of ether oxygens (including phenoxy) is 4. The molecule has 0 aromatic rings. The van der Waals surface area contributed by atoms with Gasteiger partial charge in [0.1, 0.15) is 48.8 Å². The van der Waals surface area contributed by atoms with Gasteiger partial charge in [-0.05, 0) is 96.3 Å². The van der Waals surface area contributed by atoms with E-state index in [1.807, 2.05) is 6.08 Å². The summed E-state index contributed by atoms with van der Waals surface area (Å²) in [6, 6.07) is -0.952. The van der Waals surface area contributed by atoms with Crippen LogP contribution in [0.5, 0.6) is 0 Å². The van der Waals surface area contributed by atoms with Gasteiger partial charge >= 0.3 is 0 Å². The molecular weight excluding hydrogens is 1090 g/mol. The Morgan fingerprint density at radius 1 is 0.430 bits per heavy atom. The van der Waals surface area contributed by atoms with Gasteiger partial charge in [0.15, 0.2) is 12.6 Å². The van der Waals surface area contributed by atoms with Gasteiger partial charge in [-0.1, -0.05) is 252 Å². The summed E-state index contributed by atoms with van der Waals surface area (Å²) in [4.78, 5) is 13.3. The summed E-state index contributed by atoms with van der Waals surface area (Å²) < 4.78 is 22.8. The molecule has 0 saturated carbocycles. The van der Waals surface area contributed by atoms with Gasteiger partial charge in [-0.15, -0.1) is 0 Å². The van der Waals surface area contributed by atoms with E-state index in [4.69, 9.17) is 18.9 Å². The highest BCUT2D eigenvalue weighted by molar-refractivity contribution is 5.76. The third-order valence-electron chi connectivity index (χ3n) is 15.9. The average molecular weight is 1210 g/mol. The van der Waals surface area contributed by atoms with Crippen molar-refractivity contribution in [3.05, 3.63) is 109 Å². The minimum atomic E-state index is -1.80. The number of aliphatic hydroxyl groups is 8. The first-order valence-electron chi connectivity index (χ1n) is 34.1. The van der Waals surface area contributed by atoms with Crippen LogP contribution in [-0.4, -0.2) is 140 Å². The molecule has 0 aliphatic carbocycles. The Balaban J connectivity index is 1.74. The van der Waals surface area contributed by atoms with Gasteiger partial charge in [0, 0.05) is 6.42 Å². The fraction of sp³-hybridized carbons (Fsp3) is 0.736. The van der Waals surface area contributed by atoms with E-state index in [0.717, 1.165) is 96.3 Å². The maximum Gasteiger partial charge on any atom is 0.220 e. The number of allylic oxidation sites excluding steroid dienone is 17. The van der Waals surface area contributed by atoms with E-state index in [1.54, 1.807) is 6.08 Å². The smallest absolute Gasteiger partial charge is 0.220 e. The van der Waals surface area contributed by atoms with Gasteiger partial charge in [0.25, 0.3) is 0 Å². The second-order valence-corrected chi connectivity index (χ2v) is 23.5. The fourth-order valence-electron chi connectivity index (χ4n) is 10.5. The molecule has 14 nitrogen and oxygen atoms in total. The number of amides is 1. The van der Waals surface area contributed by atoms with Crippen molar-refractivity contribution >= 4 is 5.91 Å². The zero-order chi connectivity index (χ0) is 62.3. The normalized spacial score (nSPS) is 24.1. The summed E-state index contributed by atoms with van der Waals surface area (Å²) in [5.74, 6) is -0.265. The summed E-state index contributed by atoms with van der Waals surface area (Å²) in [5, 5.41) is 87.4. The Morgan fingerprint density at radius 2 is 0.814 bits per heavy atom. The van der Waals surface area contributed by atoms with Crippen molar-refractivity contribution in [1.29, 1.82) is 0 Å². The molecule has 2 rings (SSSR count). The van der Waals surface area contributed by atoms with Crippen LogP contribution in [0.4, 0.5) is 0 Å². The lowest BCUT2D eigenvalue weighted by Gasteiger charge is -2.46. The predicted molar refractivity (Wildman–Crippen MR) is 350 cm³/mol. The van der Waals surface area contributed by atoms with Crippen molar-refractivity contribution in [2.75, 3.05) is 19.8 Å². The van der Waals surface area contributed by atoms with E-state index in [1.165, 1.54) is 116 Å². The van der Waals surface area contributed by atoms with Gasteiger partial charge in [-0.3, -0.25) is 4.79 Å². The second kappa shape index (κ2) is 55.7. The summed E-state index contributed by atoms with van der Waals surface area (Å²) >= 11 is 0. The molecule has 0 aromatic carbocycles. The third kappa shape index (κ3) is 39.6. The van der Waals surface area contributed by atoms with Crippen LogP contribution >= 0.6 is 0 Å². The van der Waals surface area contributed by atoms with Crippen LogP contribution in [0.15, 0.2) is 109 Å². The number of hydrogen-bond acceptors (Lipinski definition) is 13. The standard InChI is InChI=1S/C72H123NO13/c1-3-5-7-9-11-13-15-17-19-21-23-25-27-29-30-32-34-36-38-40-42-44-46-48-50-52-54-56-64(77)73-60(59-83-71-69(82)67(80)70(63(58-75)85-71)86-72-68(81)66(79)65(78)62(57-74)84-72)61(76)55-53-51-49-47-45-43-41-39-37-35-33-31-28-26-24-22-20-18-16-14-12-10-8-6-4-2/h5,7,11,13,17,19,23,25,29-30,34,36-37,39,45,47,53,55,60-63,65-72,74-76,78-82H,3-4,6,8-10,12,14-16,18,20-22,24,26-28,31-33,35,38,40-44,46,48-52,54,56-59H2,1-2H3,(H,73,77)/b7-5-,13-11-,19-17-,25-23-,30-29-,36-34-,39-37+,47-45+,55-53+. The van der Waals surface area contributed by atoms with E-state index < -0.39 is 86.8 Å². The minimum Gasteiger partial charge on any atom is -0.394 e. The maximum atomic E-state index is 13.3. The number of carbonyl (C=O) groups is 1. The minimum absolute atomic E-state index is 0.253. The molecule has 0 spiro atoms. The Bertz CT molecular complexity index is 1860. The number of hydrogen-bond donors (Lipinski definition) is 9. The summed E-state index contributed by atoms with van der Waals surface area (Å²) in [5.41, 5.74) is 0. The molecule has 0 radical (unpaired) electrons. The van der Waals surface area contributed by atoms with Gasteiger partial charge in [-0.25, -0.2) is 0 Å². The van der Waals surface area contributed by atoms with Gasteiger partial charge in [0.2, 0.25) is 5.91 Å². The Kier molecular flexibility index (Phi) is 51.0. The van der Waals surface area contributed by atoms with Crippen molar-refractivity contribution in [2.45, 2.75) is 319 Å². The first kappa shape index (κ1) is 78.7. The van der Waals surface area contributed by atoms with E-state index in [2.05, 4.69) is 116 Å². The van der Waals surface area contributed by atoms with Crippen LogP contribution < -0.4 is 5.32 Å². The number of nitrogens with one attached hydrogen (secondary N) is 1. The summed E-state index contributed by atoms with van der Waals surface area (Å²) in [6.45, 7) is 2.66. The lowest BCUT2D eigenvalue weighted by Crippen LogP contribution is -2.65. The molecule has 2 saturated heterocycles. The molecule has 12 unspecified atom stereocenters. The molecule has 0 aromatic heterocycles. The van der Waals surface area contributed by atoms with Gasteiger partial charge < -0.3 is 65.1 Å². The van der Waals surface area contributed by atoms with E-state index in [0.29, 0.717) is 12.8 Å². The zero-order valence-corrected chi connectivity index (χ0v) is 53.5. The van der Waals surface area contributed by atoms with E-state index in [9.17, 15) is 45.6 Å². The average Bonchev–Trinajstić information content (AvgIpc) is 2.53. The fourth-order valence-corrected chi connectivity index (χ4v) is 10.5. The SMILES string of the molecule is CC/C=C\C/C=C\C/C=C\C/C=C\C/C=C\C/C=C\CCCCCCCCCCC(=O)NC(COC1OC(CO)C(OC2OC(CO)C(O)C(O)C2O)C(O)C1O)C(O)/C=C/CC/C=C/CC/C=C/CCCCCCCCCCCCCCCCC. The third-order valence-corrected chi connectivity index (χ3v) is 15.9. The number of rotatable bonds is 54. The number of carbonyl (C=O) groups excluding carboxylic acids is 1. The van der Waals surface area contributed by atoms with Crippen molar-refractivity contribution < 1.29 is 64.6 Å². The van der Waals surface area contributed by atoms with Crippen LogP contribution in [0, 0.1) is 0 Å². The molecule has 9 N–H and O–H groups in total. The lowest BCUT2D eigenvalue weighted by atomic mass is 9.97. The van der Waals surface area contributed by atoms with Crippen LogP contribution in [0.25, 0.3) is 0 Å². The quantitative estimate of drug-likeness (QED) is 0.0204. The van der Waals surface area contributed by atoms with Crippen LogP contribution in [0.2, 0.25) is 0 Å². The summed E-state index contributed by atoms with van der Waals surface area (Å²) in [7, 11) is 0. The van der Waals surface area contributed by atoms with Crippen molar-refractivity contribution in [3.63, 3.8) is 0 Å². The molecule has 2 aliphatic heterocycles. The first-order valence-corrected chi connectivity index (χ1v) is 34.1. The highest BCUT2D eigenvalue weighted by atomic mass is 16.7. The molecule has 2 heterocycles. The highest BCUT2D eigenvalue weighted by Gasteiger charge is 2.51. The highest BCUT2D eigenvalue weighted by Crippen LogP contribution is 2.30. The molecule has 12 atom stereocenters. The Labute approximate surface area is 521 Å². The topological polar surface area (TPSA) is 228 Å². The molecule has 2 fully saturated rings. The molecule has 1 amide bonds. The monoisotopic (exact) mass is 1210 g/mol. The second-order valence-electron chi connectivity index (χ2n) is 23.5. The molecule has 0 bridgehead atoms. The van der Waals surface area contributed by atoms with Gasteiger partial charge in [-0.2, -0.15) is 0 Å². The van der Waals surface area contributed by atoms with Crippen molar-refractivity contribution in [2.24, 2.45) is 0 Å². The number of unbranched alkanes of at least 4 members (excludes halogenated alkanes) is 25. The van der Waals surface area contributed by atoms with E-state index in [-0.39, 0.29) is 18.9 Å². The molecule has 14 heteroatoms. The molecule has 2 aliphatic rings. The molecule has 86 heavy (non-hydrogen) atoms. The largest absolute Gasteiger partial charge is 0.394 e. The Morgan fingerprint density at radius 3 is 1.28 bits per heavy atom. The van der Waals surface area contributed by atoms with Gasteiger partial charge in [0.05, 0.1) is 32.0 Å². The zero-order valence-electron chi connectivity index (χ0n) is 53.5. The number of aliphatic hydroxyl groups excluding tert-OH is 8. The van der Waals surface area contributed by atoms with Crippen molar-refractivity contribution in [1.82, 2.24) is 5.32 Å². The van der Waals surface area contributed by atoms with Crippen molar-refractivity contribution in [3.8, 4) is 0 Å². The predicted octanol–water partition coefficient (Wildman–Crippen LogP) is 13.6. The molecular formula is C72H123NO13. The first-order chi connectivity index (χ1) is 42.1. The Hall–Kier alpha value is -3.35. The van der Waals surface area contributed by atoms with E-state index >= 15 is 0 Å². The van der Waals surface area contributed by atoms with Crippen LogP contribution in [-0.2, 0) is 23.7 Å².